The summed E-state index contributed by atoms with van der Waals surface area (Å²) in [7, 11) is 0. The molecule has 2 N–H and O–H groups in total. The van der Waals surface area contributed by atoms with Crippen LogP contribution in [0.4, 0.5) is 13.6 Å². The zero-order valence-electron chi connectivity index (χ0n) is 18.0. The minimum atomic E-state index is -1.26. The highest BCUT2D eigenvalue weighted by Crippen LogP contribution is 2.29. The third kappa shape index (κ3) is 5.63. The largest absolute Gasteiger partial charge is 0.491 e. The maximum Gasteiger partial charge on any atom is 0.405 e. The molecule has 0 radical (unpaired) electrons. The Kier molecular flexibility index (Phi) is 6.95. The van der Waals surface area contributed by atoms with Gasteiger partial charge in [0.15, 0.2) is 6.33 Å². The number of carbonyl (C=O) groups excluding carboxylic acids is 1. The summed E-state index contributed by atoms with van der Waals surface area (Å²) in [6.45, 7) is 0.833. The first-order valence-corrected chi connectivity index (χ1v) is 10.6. The molecule has 2 heterocycles. The average molecular weight is 472 g/mol. The van der Waals surface area contributed by atoms with Gasteiger partial charge in [0.05, 0.1) is 18.2 Å². The van der Waals surface area contributed by atoms with Crippen LogP contribution in [0, 0.1) is 11.6 Å². The molecule has 0 bridgehead atoms. The van der Waals surface area contributed by atoms with Crippen molar-refractivity contribution < 1.29 is 28.2 Å². The number of amides is 2. The summed E-state index contributed by atoms with van der Waals surface area (Å²) in [5, 5.41) is 22.3. The van der Waals surface area contributed by atoms with Gasteiger partial charge < -0.3 is 20.1 Å². The number of hydrogen-bond acceptors (Lipinski definition) is 6. The predicted octanol–water partition coefficient (Wildman–Crippen LogP) is 2.30. The first-order chi connectivity index (χ1) is 16.4. The van der Waals surface area contributed by atoms with Gasteiger partial charge in [0.1, 0.15) is 24.0 Å². The molecule has 0 unspecified atom stereocenters. The minimum Gasteiger partial charge on any atom is -0.491 e. The van der Waals surface area contributed by atoms with Gasteiger partial charge in [-0.05, 0) is 41.5 Å². The van der Waals surface area contributed by atoms with Gasteiger partial charge >= 0.3 is 6.09 Å². The van der Waals surface area contributed by atoms with Crippen molar-refractivity contribution in [3.05, 3.63) is 71.6 Å². The lowest BCUT2D eigenvalue weighted by atomic mass is 9.98. The Labute approximate surface area is 193 Å². The topological polar surface area (TPSA) is 122 Å². The average Bonchev–Trinajstić information content (AvgIpc) is 3.50. The van der Waals surface area contributed by atoms with E-state index < -0.39 is 23.9 Å². The van der Waals surface area contributed by atoms with E-state index in [2.05, 4.69) is 20.7 Å². The monoisotopic (exact) mass is 472 g/mol. The van der Waals surface area contributed by atoms with Crippen LogP contribution in [-0.4, -0.2) is 68.0 Å². The van der Waals surface area contributed by atoms with Crippen LogP contribution in [-0.2, 0) is 6.54 Å². The summed E-state index contributed by atoms with van der Waals surface area (Å²) in [4.78, 5) is 26.7. The summed E-state index contributed by atoms with van der Waals surface area (Å²) in [5.74, 6) is -1.29. The Morgan fingerprint density at radius 1 is 1.21 bits per heavy atom. The number of aromatic nitrogens is 4. The summed E-state index contributed by atoms with van der Waals surface area (Å²) in [5.41, 5.74) is 0.852. The number of halogens is 2. The second-order valence-corrected chi connectivity index (χ2v) is 7.88. The quantitative estimate of drug-likeness (QED) is 0.516. The van der Waals surface area contributed by atoms with E-state index in [1.54, 1.807) is 17.0 Å². The molecule has 1 aliphatic heterocycles. The first kappa shape index (κ1) is 23.1. The smallest absolute Gasteiger partial charge is 0.405 e. The Hall–Kier alpha value is -4.09. The Balaban J connectivity index is 1.37. The fraction of sp³-hybridized carbons (Fsp3) is 0.318. The van der Waals surface area contributed by atoms with Gasteiger partial charge in [0, 0.05) is 25.1 Å². The zero-order chi connectivity index (χ0) is 24.1. The molecule has 2 atom stereocenters. The lowest BCUT2D eigenvalue weighted by Gasteiger charge is -2.19. The number of ether oxygens (including phenoxy) is 1. The minimum absolute atomic E-state index is 0.0633. The molecular weight excluding hydrogens is 450 g/mol. The van der Waals surface area contributed by atoms with Gasteiger partial charge in [-0.1, -0.05) is 12.1 Å². The summed E-state index contributed by atoms with van der Waals surface area (Å²) in [6.07, 6.45) is 0.663. The van der Waals surface area contributed by atoms with Gasteiger partial charge in [0.25, 0.3) is 5.91 Å². The van der Waals surface area contributed by atoms with Gasteiger partial charge in [0.2, 0.25) is 0 Å². The highest BCUT2D eigenvalue weighted by molar-refractivity contribution is 5.94. The van der Waals surface area contributed by atoms with E-state index in [-0.39, 0.29) is 36.2 Å². The van der Waals surface area contributed by atoms with Crippen molar-refractivity contribution in [3.8, 4) is 5.75 Å². The lowest BCUT2D eigenvalue weighted by Crippen LogP contribution is -2.41. The van der Waals surface area contributed by atoms with Crippen molar-refractivity contribution in [1.82, 2.24) is 30.4 Å². The van der Waals surface area contributed by atoms with Gasteiger partial charge in [-0.15, -0.1) is 10.2 Å². The third-order valence-electron chi connectivity index (χ3n) is 5.54. The van der Waals surface area contributed by atoms with Crippen LogP contribution in [0.5, 0.6) is 5.75 Å². The number of likely N-dealkylation sites (tertiary alicyclic amines) is 1. The summed E-state index contributed by atoms with van der Waals surface area (Å²) >= 11 is 0. The SMILES string of the molecule is O=C(O)N[C@@H](COc1ccc(C(=O)N2CC[C@H](c3ccc(F)cc3)C2)c(F)c1)Cn1ncnn1. The Bertz CT molecular complexity index is 1140. The molecule has 1 fully saturated rings. The van der Waals surface area contributed by atoms with Crippen LogP contribution < -0.4 is 10.1 Å². The normalized spacial score (nSPS) is 16.3. The Morgan fingerprint density at radius 3 is 2.68 bits per heavy atom. The highest BCUT2D eigenvalue weighted by Gasteiger charge is 2.29. The van der Waals surface area contributed by atoms with Crippen molar-refractivity contribution in [1.29, 1.82) is 0 Å². The second kappa shape index (κ2) is 10.2. The number of carbonyl (C=O) groups is 2. The molecule has 12 heteroatoms. The Morgan fingerprint density at radius 2 is 2.00 bits per heavy atom. The van der Waals surface area contributed by atoms with Gasteiger partial charge in [-0.2, -0.15) is 4.80 Å². The molecule has 4 rings (SSSR count). The molecule has 0 saturated carbocycles. The maximum absolute atomic E-state index is 14.7. The van der Waals surface area contributed by atoms with Crippen LogP contribution in [0.15, 0.2) is 48.8 Å². The van der Waals surface area contributed by atoms with Crippen molar-refractivity contribution in [2.45, 2.75) is 24.9 Å². The number of rotatable bonds is 8. The molecule has 10 nitrogen and oxygen atoms in total. The molecule has 2 amide bonds. The molecule has 0 spiro atoms. The van der Waals surface area contributed by atoms with E-state index >= 15 is 0 Å². The summed E-state index contributed by atoms with van der Waals surface area (Å²) < 4.78 is 33.4. The van der Waals surface area contributed by atoms with Crippen molar-refractivity contribution in [2.75, 3.05) is 19.7 Å². The standard InChI is InChI=1S/C22H22F2N6O4/c23-16-3-1-14(2-4-16)15-7-8-29(10-15)21(31)19-6-5-18(9-20(19)24)34-12-17(27-22(32)33)11-30-26-13-25-28-30/h1-6,9,13,15,17,27H,7-8,10-12H2,(H,32,33)/t15-,17+/m0/s1. The molecule has 2 aromatic carbocycles. The van der Waals surface area contributed by atoms with E-state index in [0.29, 0.717) is 19.5 Å². The van der Waals surface area contributed by atoms with E-state index in [1.807, 2.05) is 0 Å². The lowest BCUT2D eigenvalue weighted by molar-refractivity contribution is 0.0786. The van der Waals surface area contributed by atoms with Crippen molar-refractivity contribution in [3.63, 3.8) is 0 Å². The van der Waals surface area contributed by atoms with Crippen LogP contribution in [0.1, 0.15) is 28.3 Å². The zero-order valence-corrected chi connectivity index (χ0v) is 18.0. The molecule has 1 aliphatic rings. The predicted molar refractivity (Wildman–Crippen MR) is 114 cm³/mol. The van der Waals surface area contributed by atoms with Crippen molar-refractivity contribution >= 4 is 12.0 Å². The van der Waals surface area contributed by atoms with E-state index in [1.165, 1.54) is 35.4 Å². The van der Waals surface area contributed by atoms with E-state index in [0.717, 1.165) is 11.6 Å². The number of tetrazole rings is 1. The number of nitrogens with zero attached hydrogens (tertiary/aromatic N) is 5. The first-order valence-electron chi connectivity index (χ1n) is 10.6. The number of hydrogen-bond donors (Lipinski definition) is 2. The van der Waals surface area contributed by atoms with Crippen LogP contribution in [0.3, 0.4) is 0 Å². The summed E-state index contributed by atoms with van der Waals surface area (Å²) in [6, 6.07) is 9.34. The third-order valence-corrected chi connectivity index (χ3v) is 5.54. The highest BCUT2D eigenvalue weighted by atomic mass is 19.1. The molecular formula is C22H22F2N6O4. The second-order valence-electron chi connectivity index (χ2n) is 7.88. The fourth-order valence-corrected chi connectivity index (χ4v) is 3.86. The molecule has 1 aromatic heterocycles. The van der Waals surface area contributed by atoms with E-state index in [4.69, 9.17) is 9.84 Å². The van der Waals surface area contributed by atoms with Crippen LogP contribution >= 0.6 is 0 Å². The van der Waals surface area contributed by atoms with E-state index in [9.17, 15) is 18.4 Å². The fourth-order valence-electron chi connectivity index (χ4n) is 3.86. The number of nitrogens with one attached hydrogen (secondary N) is 1. The van der Waals surface area contributed by atoms with Crippen LogP contribution in [0.2, 0.25) is 0 Å². The molecule has 0 aliphatic carbocycles. The maximum atomic E-state index is 14.7. The molecule has 3 aromatic rings. The molecule has 1 saturated heterocycles. The number of benzene rings is 2. The molecule has 34 heavy (non-hydrogen) atoms. The van der Waals surface area contributed by atoms with Crippen LogP contribution in [0.25, 0.3) is 0 Å². The molecule has 178 valence electrons. The number of carboxylic acid groups (broad SMARTS) is 1. The van der Waals surface area contributed by atoms with Gasteiger partial charge in [-0.3, -0.25) is 4.79 Å². The van der Waals surface area contributed by atoms with Gasteiger partial charge in [-0.25, -0.2) is 13.6 Å². The van der Waals surface area contributed by atoms with Crippen molar-refractivity contribution in [2.24, 2.45) is 0 Å².